The van der Waals surface area contributed by atoms with Gasteiger partial charge in [-0.05, 0) is 24.3 Å². The van der Waals surface area contributed by atoms with Crippen molar-refractivity contribution in [3.63, 3.8) is 0 Å². The highest BCUT2D eigenvalue weighted by Gasteiger charge is 2.11. The van der Waals surface area contributed by atoms with E-state index in [0.29, 0.717) is 16.9 Å². The molecule has 0 atom stereocenters. The highest BCUT2D eigenvalue weighted by atomic mass is 19.1. The van der Waals surface area contributed by atoms with Crippen LogP contribution in [0.15, 0.2) is 42.5 Å². The zero-order valence-corrected chi connectivity index (χ0v) is 9.65. The number of nitrogen functional groups attached to an aromatic ring is 1. The van der Waals surface area contributed by atoms with Crippen molar-refractivity contribution >= 4 is 17.1 Å². The number of nitriles is 1. The third kappa shape index (κ3) is 2.41. The number of anilines is 3. The number of rotatable bonds is 3. The Morgan fingerprint density at radius 1 is 1.17 bits per heavy atom. The monoisotopic (exact) mass is 241 g/mol. The number of nitrogens with zero attached hydrogens (tertiary/aromatic N) is 1. The molecule has 0 aliphatic carbocycles. The first-order valence-corrected chi connectivity index (χ1v) is 5.48. The summed E-state index contributed by atoms with van der Waals surface area (Å²) in [4.78, 5) is 0. The molecule has 0 bridgehead atoms. The molecule has 0 aliphatic rings. The van der Waals surface area contributed by atoms with Crippen molar-refractivity contribution in [3.05, 3.63) is 53.8 Å². The maximum absolute atomic E-state index is 13.7. The Hall–Kier alpha value is -2.54. The summed E-state index contributed by atoms with van der Waals surface area (Å²) in [6.07, 6.45) is -0.0218. The standard InChI is InChI=1S/C14H12FN3/c15-12-6-7-13(17)14(11(12)8-9-16)18-10-4-2-1-3-5-10/h1-7,18H,8,17H2. The maximum atomic E-state index is 13.7. The molecule has 0 fully saturated rings. The average molecular weight is 241 g/mol. The Morgan fingerprint density at radius 2 is 1.89 bits per heavy atom. The van der Waals surface area contributed by atoms with Gasteiger partial charge in [0.2, 0.25) is 0 Å². The minimum Gasteiger partial charge on any atom is -0.397 e. The summed E-state index contributed by atoms with van der Waals surface area (Å²) in [6, 6.07) is 14.0. The molecule has 0 spiro atoms. The normalized spacial score (nSPS) is 9.78. The maximum Gasteiger partial charge on any atom is 0.129 e. The van der Waals surface area contributed by atoms with Crippen LogP contribution in [0.3, 0.4) is 0 Å². The molecule has 0 saturated carbocycles. The van der Waals surface area contributed by atoms with Crippen LogP contribution >= 0.6 is 0 Å². The van der Waals surface area contributed by atoms with Crippen molar-refractivity contribution in [2.45, 2.75) is 6.42 Å². The molecule has 2 rings (SSSR count). The Morgan fingerprint density at radius 3 is 2.56 bits per heavy atom. The number of hydrogen-bond donors (Lipinski definition) is 2. The van der Waals surface area contributed by atoms with E-state index in [1.54, 1.807) is 0 Å². The summed E-state index contributed by atoms with van der Waals surface area (Å²) in [5.74, 6) is -0.427. The van der Waals surface area contributed by atoms with Gasteiger partial charge in [0.05, 0.1) is 23.9 Å². The van der Waals surface area contributed by atoms with Gasteiger partial charge in [0.1, 0.15) is 5.82 Å². The van der Waals surface area contributed by atoms with Crippen LogP contribution in [0.4, 0.5) is 21.5 Å². The molecule has 2 aromatic rings. The summed E-state index contributed by atoms with van der Waals surface area (Å²) in [7, 11) is 0. The highest BCUT2D eigenvalue weighted by molar-refractivity contribution is 5.76. The molecule has 0 radical (unpaired) electrons. The number of hydrogen-bond acceptors (Lipinski definition) is 3. The third-order valence-electron chi connectivity index (χ3n) is 2.59. The average Bonchev–Trinajstić information content (AvgIpc) is 2.39. The predicted octanol–water partition coefficient (Wildman–Crippen LogP) is 3.22. The van der Waals surface area contributed by atoms with E-state index in [0.717, 1.165) is 5.69 Å². The van der Waals surface area contributed by atoms with Gasteiger partial charge in [0, 0.05) is 11.3 Å². The SMILES string of the molecule is N#CCc1c(F)ccc(N)c1Nc1ccccc1. The molecule has 0 saturated heterocycles. The van der Waals surface area contributed by atoms with Gasteiger partial charge >= 0.3 is 0 Å². The van der Waals surface area contributed by atoms with E-state index in [1.807, 2.05) is 36.4 Å². The van der Waals surface area contributed by atoms with E-state index >= 15 is 0 Å². The second-order valence-electron chi connectivity index (χ2n) is 3.82. The quantitative estimate of drug-likeness (QED) is 0.811. The van der Waals surface area contributed by atoms with Gasteiger partial charge in [-0.1, -0.05) is 18.2 Å². The summed E-state index contributed by atoms with van der Waals surface area (Å²) < 4.78 is 13.7. The van der Waals surface area contributed by atoms with Crippen molar-refractivity contribution in [1.29, 1.82) is 5.26 Å². The van der Waals surface area contributed by atoms with Gasteiger partial charge in [-0.3, -0.25) is 0 Å². The number of halogens is 1. The molecule has 3 N–H and O–H groups in total. The largest absolute Gasteiger partial charge is 0.397 e. The van der Waals surface area contributed by atoms with Crippen LogP contribution in [0.25, 0.3) is 0 Å². The molecule has 0 unspecified atom stereocenters. The second kappa shape index (κ2) is 5.19. The van der Waals surface area contributed by atoms with Crippen LogP contribution in [-0.2, 0) is 6.42 Å². The molecule has 4 heteroatoms. The van der Waals surface area contributed by atoms with Crippen molar-refractivity contribution < 1.29 is 4.39 Å². The van der Waals surface area contributed by atoms with Crippen LogP contribution in [0.2, 0.25) is 0 Å². The van der Waals surface area contributed by atoms with Gasteiger partial charge in [-0.25, -0.2) is 4.39 Å². The summed E-state index contributed by atoms with van der Waals surface area (Å²) >= 11 is 0. The fourth-order valence-electron chi connectivity index (χ4n) is 1.71. The Labute approximate surface area is 105 Å². The topological polar surface area (TPSA) is 61.8 Å². The van der Waals surface area contributed by atoms with Crippen LogP contribution in [-0.4, -0.2) is 0 Å². The lowest BCUT2D eigenvalue weighted by Gasteiger charge is -2.13. The minimum atomic E-state index is -0.427. The van der Waals surface area contributed by atoms with E-state index in [1.165, 1.54) is 12.1 Å². The summed E-state index contributed by atoms with van der Waals surface area (Å²) in [5, 5.41) is 11.8. The van der Waals surface area contributed by atoms with Crippen molar-refractivity contribution in [2.75, 3.05) is 11.1 Å². The smallest absolute Gasteiger partial charge is 0.129 e. The minimum absolute atomic E-state index is 0.0218. The lowest BCUT2D eigenvalue weighted by atomic mass is 10.1. The zero-order valence-electron chi connectivity index (χ0n) is 9.65. The predicted molar refractivity (Wildman–Crippen MR) is 69.9 cm³/mol. The van der Waals surface area contributed by atoms with Gasteiger partial charge in [-0.15, -0.1) is 0 Å². The molecule has 0 amide bonds. The Balaban J connectivity index is 2.43. The zero-order chi connectivity index (χ0) is 13.0. The molecular formula is C14H12FN3. The summed E-state index contributed by atoms with van der Waals surface area (Å²) in [6.45, 7) is 0. The molecule has 3 nitrogen and oxygen atoms in total. The van der Waals surface area contributed by atoms with Gasteiger partial charge in [0.15, 0.2) is 0 Å². The van der Waals surface area contributed by atoms with Crippen LogP contribution in [0, 0.1) is 17.1 Å². The van der Waals surface area contributed by atoms with E-state index in [4.69, 9.17) is 11.0 Å². The van der Waals surface area contributed by atoms with Crippen LogP contribution in [0.5, 0.6) is 0 Å². The van der Waals surface area contributed by atoms with Crippen molar-refractivity contribution in [3.8, 4) is 6.07 Å². The lowest BCUT2D eigenvalue weighted by molar-refractivity contribution is 0.616. The fourth-order valence-corrected chi connectivity index (χ4v) is 1.71. The first-order chi connectivity index (χ1) is 8.72. The fraction of sp³-hybridized carbons (Fsp3) is 0.0714. The highest BCUT2D eigenvalue weighted by Crippen LogP contribution is 2.29. The van der Waals surface area contributed by atoms with E-state index < -0.39 is 5.82 Å². The molecule has 0 aromatic heterocycles. The molecular weight excluding hydrogens is 229 g/mol. The van der Waals surface area contributed by atoms with Crippen molar-refractivity contribution in [1.82, 2.24) is 0 Å². The number of nitrogens with two attached hydrogens (primary N) is 1. The molecule has 0 heterocycles. The molecule has 90 valence electrons. The van der Waals surface area contributed by atoms with E-state index in [2.05, 4.69) is 5.32 Å². The van der Waals surface area contributed by atoms with Crippen LogP contribution in [0.1, 0.15) is 5.56 Å². The van der Waals surface area contributed by atoms with Gasteiger partial charge in [0.25, 0.3) is 0 Å². The van der Waals surface area contributed by atoms with E-state index in [9.17, 15) is 4.39 Å². The molecule has 18 heavy (non-hydrogen) atoms. The third-order valence-corrected chi connectivity index (χ3v) is 2.59. The first kappa shape index (κ1) is 11.9. The van der Waals surface area contributed by atoms with Crippen molar-refractivity contribution in [2.24, 2.45) is 0 Å². The number of nitrogens with one attached hydrogen (secondary N) is 1. The van der Waals surface area contributed by atoms with E-state index in [-0.39, 0.29) is 6.42 Å². The Bertz CT molecular complexity index is 588. The van der Waals surface area contributed by atoms with Crippen LogP contribution < -0.4 is 11.1 Å². The van der Waals surface area contributed by atoms with Gasteiger partial charge in [-0.2, -0.15) is 5.26 Å². The second-order valence-corrected chi connectivity index (χ2v) is 3.82. The number of para-hydroxylation sites is 1. The number of benzene rings is 2. The first-order valence-electron chi connectivity index (χ1n) is 5.48. The van der Waals surface area contributed by atoms with Gasteiger partial charge < -0.3 is 11.1 Å². The lowest BCUT2D eigenvalue weighted by Crippen LogP contribution is -2.03. The molecule has 2 aromatic carbocycles. The Kier molecular flexibility index (Phi) is 3.44. The molecule has 0 aliphatic heterocycles. The summed E-state index contributed by atoms with van der Waals surface area (Å²) in [5.41, 5.74) is 7.81.